The summed E-state index contributed by atoms with van der Waals surface area (Å²) < 4.78 is 22.0. The van der Waals surface area contributed by atoms with E-state index in [2.05, 4.69) is 10.4 Å². The normalized spacial score (nSPS) is 18.7. The lowest BCUT2D eigenvalue weighted by atomic mass is 10.1. The summed E-state index contributed by atoms with van der Waals surface area (Å²) in [6.07, 6.45) is 3.46. The number of rotatable bonds is 2. The number of halogens is 1. The number of anilines is 2. The van der Waals surface area contributed by atoms with E-state index < -0.39 is 17.8 Å². The number of nitrogens with zero attached hydrogens (tertiary/aromatic N) is 5. The third kappa shape index (κ3) is 3.56. The van der Waals surface area contributed by atoms with E-state index in [1.54, 1.807) is 19.2 Å². The van der Waals surface area contributed by atoms with Crippen LogP contribution in [-0.2, 0) is 6.54 Å². The molecule has 3 heterocycles. The molecule has 2 aliphatic rings. The molecule has 1 atom stereocenters. The van der Waals surface area contributed by atoms with Crippen LogP contribution >= 0.6 is 0 Å². The SMILES string of the molecule is C[C@H]1CNC(=O)c2c(N)nn3ccc(nc23)N(CC2CC2)Cc2c(ccc(F)c2C#N)O1. The number of carbonyl (C=O) groups excluding carboxylic acids is 1. The predicted molar refractivity (Wildman–Crippen MR) is 115 cm³/mol. The molecule has 0 unspecified atom stereocenters. The van der Waals surface area contributed by atoms with Crippen LogP contribution in [0, 0.1) is 23.1 Å². The molecule has 5 rings (SSSR count). The molecule has 2 bridgehead atoms. The van der Waals surface area contributed by atoms with Crippen molar-refractivity contribution in [1.29, 1.82) is 5.26 Å². The Morgan fingerprint density at radius 1 is 1.38 bits per heavy atom. The third-order valence-electron chi connectivity index (χ3n) is 5.78. The lowest BCUT2D eigenvalue weighted by Gasteiger charge is -2.26. The number of hydrogen-bond acceptors (Lipinski definition) is 7. The van der Waals surface area contributed by atoms with Crippen LogP contribution in [0.4, 0.5) is 16.0 Å². The first-order valence-corrected chi connectivity index (χ1v) is 10.5. The third-order valence-corrected chi connectivity index (χ3v) is 5.78. The van der Waals surface area contributed by atoms with Crippen molar-refractivity contribution in [2.24, 2.45) is 5.92 Å². The van der Waals surface area contributed by atoms with Gasteiger partial charge in [0.15, 0.2) is 11.5 Å². The minimum absolute atomic E-state index is 0.0511. The van der Waals surface area contributed by atoms with Gasteiger partial charge in [-0.1, -0.05) is 0 Å². The first kappa shape index (κ1) is 20.1. The average Bonchev–Trinajstić information content (AvgIpc) is 3.52. The van der Waals surface area contributed by atoms with Gasteiger partial charge in [0.2, 0.25) is 0 Å². The Labute approximate surface area is 183 Å². The second-order valence-electron chi connectivity index (χ2n) is 8.29. The summed E-state index contributed by atoms with van der Waals surface area (Å²) in [5.41, 5.74) is 6.97. The number of carbonyl (C=O) groups is 1. The van der Waals surface area contributed by atoms with Crippen molar-refractivity contribution < 1.29 is 13.9 Å². The highest BCUT2D eigenvalue weighted by Gasteiger charge is 2.29. The molecule has 1 saturated carbocycles. The summed E-state index contributed by atoms with van der Waals surface area (Å²) in [5, 5.41) is 16.7. The van der Waals surface area contributed by atoms with E-state index in [1.165, 1.54) is 16.6 Å². The summed E-state index contributed by atoms with van der Waals surface area (Å²) in [4.78, 5) is 19.6. The van der Waals surface area contributed by atoms with E-state index in [0.717, 1.165) is 12.8 Å². The molecular weight excluding hydrogens is 413 g/mol. The maximum atomic E-state index is 14.5. The van der Waals surface area contributed by atoms with Gasteiger partial charge in [0.05, 0.1) is 12.1 Å². The second-order valence-corrected chi connectivity index (χ2v) is 8.29. The van der Waals surface area contributed by atoms with Crippen molar-refractivity contribution in [2.75, 3.05) is 23.7 Å². The zero-order chi connectivity index (χ0) is 22.4. The number of amides is 1. The highest BCUT2D eigenvalue weighted by Crippen LogP contribution is 2.34. The fraction of sp³-hybridized carbons (Fsp3) is 0.364. The Morgan fingerprint density at radius 2 is 2.19 bits per heavy atom. The van der Waals surface area contributed by atoms with Crippen molar-refractivity contribution in [1.82, 2.24) is 19.9 Å². The highest BCUT2D eigenvalue weighted by molar-refractivity contribution is 6.04. The van der Waals surface area contributed by atoms with Crippen molar-refractivity contribution in [2.45, 2.75) is 32.4 Å². The quantitative estimate of drug-likeness (QED) is 0.633. The maximum absolute atomic E-state index is 14.5. The second kappa shape index (κ2) is 7.67. The average molecular weight is 435 g/mol. The van der Waals surface area contributed by atoms with Gasteiger partial charge in [-0.05, 0) is 43.9 Å². The van der Waals surface area contributed by atoms with Crippen LogP contribution in [0.3, 0.4) is 0 Å². The van der Waals surface area contributed by atoms with E-state index in [9.17, 15) is 14.4 Å². The molecule has 32 heavy (non-hydrogen) atoms. The molecule has 10 heteroatoms. The number of aromatic nitrogens is 3. The standard InChI is InChI=1S/C22H22FN7O2/c1-12-9-26-22(31)19-20(25)28-30-7-6-18(27-21(19)30)29(10-13-2-3-13)11-15-14(8-24)16(23)4-5-17(15)32-12/h4-7,12-13H,2-3,9-11H2,1H3,(H2,25,28)(H,26,31)/t12-/m0/s1. The van der Waals surface area contributed by atoms with E-state index >= 15 is 0 Å². The van der Waals surface area contributed by atoms with Gasteiger partial charge in [0, 0.05) is 24.8 Å². The van der Waals surface area contributed by atoms with Crippen LogP contribution in [0.1, 0.15) is 41.3 Å². The molecule has 0 spiro atoms. The summed E-state index contributed by atoms with van der Waals surface area (Å²) in [6.45, 7) is 2.89. The Balaban J connectivity index is 1.69. The fourth-order valence-corrected chi connectivity index (χ4v) is 3.94. The summed E-state index contributed by atoms with van der Waals surface area (Å²) >= 11 is 0. The van der Waals surface area contributed by atoms with Crippen LogP contribution in [0.15, 0.2) is 24.4 Å². The molecule has 1 aliphatic heterocycles. The molecule has 164 valence electrons. The minimum atomic E-state index is -0.597. The van der Waals surface area contributed by atoms with Crippen LogP contribution in [0.5, 0.6) is 5.75 Å². The van der Waals surface area contributed by atoms with Crippen molar-refractivity contribution in [3.05, 3.63) is 46.9 Å². The summed E-state index contributed by atoms with van der Waals surface area (Å²) in [6, 6.07) is 6.52. The van der Waals surface area contributed by atoms with Crippen molar-refractivity contribution >= 4 is 23.2 Å². The van der Waals surface area contributed by atoms with Gasteiger partial charge < -0.3 is 20.7 Å². The van der Waals surface area contributed by atoms with Gasteiger partial charge in [-0.3, -0.25) is 4.79 Å². The lowest BCUT2D eigenvalue weighted by Crippen LogP contribution is -2.34. The number of nitrogen functional groups attached to an aromatic ring is 1. The molecule has 1 amide bonds. The van der Waals surface area contributed by atoms with Gasteiger partial charge in [0.1, 0.15) is 35.1 Å². The molecule has 3 aromatic rings. The molecule has 2 aromatic heterocycles. The number of nitrogens with two attached hydrogens (primary N) is 1. The zero-order valence-electron chi connectivity index (χ0n) is 17.5. The van der Waals surface area contributed by atoms with Crippen LogP contribution in [0.2, 0.25) is 0 Å². The molecule has 1 fully saturated rings. The maximum Gasteiger partial charge on any atom is 0.259 e. The molecule has 9 nitrogen and oxygen atoms in total. The van der Waals surface area contributed by atoms with E-state index in [-0.39, 0.29) is 30.0 Å². The van der Waals surface area contributed by atoms with E-state index in [1.807, 2.05) is 11.0 Å². The zero-order valence-corrected chi connectivity index (χ0v) is 17.5. The molecule has 1 aromatic carbocycles. The molecule has 0 radical (unpaired) electrons. The van der Waals surface area contributed by atoms with Crippen molar-refractivity contribution in [3.8, 4) is 11.8 Å². The minimum Gasteiger partial charge on any atom is -0.488 e. The largest absolute Gasteiger partial charge is 0.488 e. The highest BCUT2D eigenvalue weighted by atomic mass is 19.1. The first-order valence-electron chi connectivity index (χ1n) is 10.5. The smallest absolute Gasteiger partial charge is 0.259 e. The van der Waals surface area contributed by atoms with E-state index in [0.29, 0.717) is 35.2 Å². The van der Waals surface area contributed by atoms with Gasteiger partial charge >= 0.3 is 0 Å². The van der Waals surface area contributed by atoms with Crippen LogP contribution < -0.4 is 20.7 Å². The molecule has 1 aliphatic carbocycles. The number of nitriles is 1. The van der Waals surface area contributed by atoms with Gasteiger partial charge in [0.25, 0.3) is 5.91 Å². The predicted octanol–water partition coefficient (Wildman–Crippen LogP) is 2.25. The Morgan fingerprint density at radius 3 is 2.94 bits per heavy atom. The lowest BCUT2D eigenvalue weighted by molar-refractivity contribution is 0.0934. The number of hydrogen-bond donors (Lipinski definition) is 2. The number of ether oxygens (including phenoxy) is 1. The summed E-state index contributed by atoms with van der Waals surface area (Å²) in [7, 11) is 0. The first-order chi connectivity index (χ1) is 15.4. The Bertz CT molecular complexity index is 1260. The van der Waals surface area contributed by atoms with Crippen molar-refractivity contribution in [3.63, 3.8) is 0 Å². The topological polar surface area (TPSA) is 122 Å². The molecule has 0 saturated heterocycles. The monoisotopic (exact) mass is 435 g/mol. The number of nitrogens with one attached hydrogen (secondary N) is 1. The van der Waals surface area contributed by atoms with Crippen LogP contribution in [-0.4, -0.2) is 39.7 Å². The van der Waals surface area contributed by atoms with Gasteiger partial charge in [-0.15, -0.1) is 5.10 Å². The summed E-state index contributed by atoms with van der Waals surface area (Å²) in [5.74, 6) is 0.576. The van der Waals surface area contributed by atoms with Gasteiger partial charge in [-0.25, -0.2) is 13.9 Å². The fourth-order valence-electron chi connectivity index (χ4n) is 3.94. The molecular formula is C22H22FN7O2. The van der Waals surface area contributed by atoms with Gasteiger partial charge in [-0.2, -0.15) is 5.26 Å². The Hall–Kier alpha value is -3.87. The van der Waals surface area contributed by atoms with E-state index in [4.69, 9.17) is 15.5 Å². The number of fused-ring (bicyclic) bond motifs is 2. The van der Waals surface area contributed by atoms with Crippen LogP contribution in [0.25, 0.3) is 5.65 Å². The Kier molecular flexibility index (Phi) is 4.81. The molecule has 3 N–H and O–H groups in total. The number of benzene rings is 1.